The lowest BCUT2D eigenvalue weighted by atomic mass is 10.1. The molecule has 0 fully saturated rings. The molecule has 0 unspecified atom stereocenters. The van der Waals surface area contributed by atoms with E-state index in [4.69, 9.17) is 10.8 Å². The van der Waals surface area contributed by atoms with Crippen LogP contribution in [0.4, 0.5) is 0 Å². The van der Waals surface area contributed by atoms with Crippen molar-refractivity contribution in [2.45, 2.75) is 7.43 Å². The number of rotatable bonds is 1. The standard InChI is InChI=1S/C12H10.CH2N2.CH4/c1-3-7-11(8-4-1)12-9-5-2-6-10-12;2-1-3;/h1-10H;2-3H;1H4. The first-order chi connectivity index (χ1) is 7.38. The van der Waals surface area contributed by atoms with Crippen LogP contribution in [0.1, 0.15) is 7.43 Å². The average molecular weight is 212 g/mol. The van der Waals surface area contributed by atoms with Gasteiger partial charge in [-0.1, -0.05) is 68.1 Å². The zero-order valence-corrected chi connectivity index (χ0v) is 8.27. The van der Waals surface area contributed by atoms with Gasteiger partial charge < -0.3 is 0 Å². The molecule has 2 aromatic rings. The third-order valence-corrected chi connectivity index (χ3v) is 1.88. The number of nitrogens with one attached hydrogen (secondary N) is 2. The fourth-order valence-electron chi connectivity index (χ4n) is 1.26. The molecule has 82 valence electrons. The Hall–Kier alpha value is -2.18. The van der Waals surface area contributed by atoms with E-state index in [1.165, 1.54) is 17.1 Å². The summed E-state index contributed by atoms with van der Waals surface area (Å²) in [7, 11) is 0. The smallest absolute Gasteiger partial charge is 0.0831 e. The molecule has 2 aromatic carbocycles. The highest BCUT2D eigenvalue weighted by Crippen LogP contribution is 2.17. The van der Waals surface area contributed by atoms with E-state index in [-0.39, 0.29) is 7.43 Å². The molecule has 0 spiro atoms. The number of hydrogen-bond donors (Lipinski definition) is 2. The molecule has 0 heterocycles. The minimum atomic E-state index is 0. The van der Waals surface area contributed by atoms with E-state index in [9.17, 15) is 0 Å². The summed E-state index contributed by atoms with van der Waals surface area (Å²) < 4.78 is 0. The van der Waals surface area contributed by atoms with E-state index < -0.39 is 0 Å². The fourth-order valence-corrected chi connectivity index (χ4v) is 1.26. The molecule has 0 aliphatic carbocycles. The van der Waals surface area contributed by atoms with E-state index in [0.29, 0.717) is 0 Å². The normalized spacial score (nSPS) is 7.75. The largest absolute Gasteiger partial charge is 0.242 e. The zero-order valence-electron chi connectivity index (χ0n) is 8.27. The van der Waals surface area contributed by atoms with Crippen LogP contribution in [0.2, 0.25) is 0 Å². The van der Waals surface area contributed by atoms with Crippen molar-refractivity contribution in [3.8, 4) is 11.1 Å². The molecular weight excluding hydrogens is 196 g/mol. The highest BCUT2D eigenvalue weighted by Gasteiger charge is 1.91. The summed E-state index contributed by atoms with van der Waals surface area (Å²) in [6.45, 7) is 0. The molecule has 0 aromatic heterocycles. The average Bonchev–Trinajstić information content (AvgIpc) is 2.32. The molecule has 0 atom stereocenters. The van der Waals surface area contributed by atoms with Crippen molar-refractivity contribution in [1.82, 2.24) is 0 Å². The van der Waals surface area contributed by atoms with Gasteiger partial charge in [0.1, 0.15) is 0 Å². The first-order valence-corrected chi connectivity index (χ1v) is 4.57. The van der Waals surface area contributed by atoms with Crippen LogP contribution < -0.4 is 0 Å². The van der Waals surface area contributed by atoms with Crippen molar-refractivity contribution in [3.05, 3.63) is 60.7 Å². The second-order valence-corrected chi connectivity index (χ2v) is 2.86. The van der Waals surface area contributed by atoms with Gasteiger partial charge in [-0.25, -0.2) is 10.8 Å². The molecule has 0 bridgehead atoms. The minimum absolute atomic E-state index is 0. The second kappa shape index (κ2) is 8.16. The van der Waals surface area contributed by atoms with Crippen LogP contribution in [0, 0.1) is 10.8 Å². The molecule has 0 aliphatic rings. The van der Waals surface area contributed by atoms with Crippen molar-refractivity contribution in [2.75, 3.05) is 0 Å². The van der Waals surface area contributed by atoms with Gasteiger partial charge in [-0.15, -0.1) is 0 Å². The highest BCUT2D eigenvalue weighted by atomic mass is 14.4. The molecule has 0 amide bonds. The summed E-state index contributed by atoms with van der Waals surface area (Å²) in [6.07, 6.45) is 0. The lowest BCUT2D eigenvalue weighted by molar-refractivity contribution is 1.47. The van der Waals surface area contributed by atoms with Gasteiger partial charge in [0, 0.05) is 0 Å². The van der Waals surface area contributed by atoms with Crippen LogP contribution >= 0.6 is 0 Å². The minimum Gasteiger partial charge on any atom is -0.242 e. The third-order valence-electron chi connectivity index (χ3n) is 1.88. The Morgan fingerprint density at radius 1 is 0.625 bits per heavy atom. The summed E-state index contributed by atoms with van der Waals surface area (Å²) >= 11 is 0. The van der Waals surface area contributed by atoms with Crippen LogP contribution in [-0.4, -0.2) is 6.01 Å². The summed E-state index contributed by atoms with van der Waals surface area (Å²) in [4.78, 5) is 0. The third kappa shape index (κ3) is 4.36. The van der Waals surface area contributed by atoms with Gasteiger partial charge in [0.2, 0.25) is 0 Å². The molecule has 0 saturated carbocycles. The topological polar surface area (TPSA) is 47.7 Å². The lowest BCUT2D eigenvalue weighted by Crippen LogP contribution is -1.73. The molecular formula is C14H16N2. The maximum Gasteiger partial charge on any atom is 0.0831 e. The second-order valence-electron chi connectivity index (χ2n) is 2.86. The van der Waals surface area contributed by atoms with Crippen LogP contribution in [0.25, 0.3) is 11.1 Å². The molecule has 2 heteroatoms. The molecule has 0 aliphatic heterocycles. The Bertz CT molecular complexity index is 378. The molecule has 2 nitrogen and oxygen atoms in total. The van der Waals surface area contributed by atoms with Gasteiger partial charge in [0.15, 0.2) is 0 Å². The van der Waals surface area contributed by atoms with Crippen LogP contribution in [0.3, 0.4) is 0 Å². The first kappa shape index (κ1) is 13.8. The van der Waals surface area contributed by atoms with Crippen LogP contribution in [-0.2, 0) is 0 Å². The predicted octanol–water partition coefficient (Wildman–Crippen LogP) is 4.31. The first-order valence-electron chi connectivity index (χ1n) is 4.57. The van der Waals surface area contributed by atoms with Gasteiger partial charge in [0.05, 0.1) is 6.01 Å². The maximum atomic E-state index is 5.62. The van der Waals surface area contributed by atoms with E-state index in [1.807, 2.05) is 12.1 Å². The van der Waals surface area contributed by atoms with Crippen molar-refractivity contribution < 1.29 is 0 Å². The zero-order chi connectivity index (χ0) is 10.9. The Labute approximate surface area is 96.6 Å². The summed E-state index contributed by atoms with van der Waals surface area (Å²) in [5.74, 6) is 0. The van der Waals surface area contributed by atoms with Gasteiger partial charge in [-0.2, -0.15) is 0 Å². The van der Waals surface area contributed by atoms with E-state index in [2.05, 4.69) is 48.5 Å². The van der Waals surface area contributed by atoms with Crippen LogP contribution in [0.15, 0.2) is 60.7 Å². The quantitative estimate of drug-likeness (QED) is 0.662. The number of benzene rings is 2. The summed E-state index contributed by atoms with van der Waals surface area (Å²) in [5, 5.41) is 11.2. The Kier molecular flexibility index (Phi) is 7.04. The number of hydrogen-bond acceptors (Lipinski definition) is 2. The molecule has 2 N–H and O–H groups in total. The van der Waals surface area contributed by atoms with Crippen molar-refractivity contribution in [3.63, 3.8) is 0 Å². The van der Waals surface area contributed by atoms with Crippen molar-refractivity contribution in [1.29, 1.82) is 10.8 Å². The van der Waals surface area contributed by atoms with E-state index >= 15 is 0 Å². The Morgan fingerprint density at radius 3 is 1.12 bits per heavy atom. The molecule has 0 saturated heterocycles. The van der Waals surface area contributed by atoms with Gasteiger partial charge >= 0.3 is 0 Å². The monoisotopic (exact) mass is 212 g/mol. The molecule has 0 radical (unpaired) electrons. The van der Waals surface area contributed by atoms with Crippen molar-refractivity contribution >= 4 is 6.01 Å². The van der Waals surface area contributed by atoms with Crippen molar-refractivity contribution in [2.24, 2.45) is 0 Å². The molecule has 16 heavy (non-hydrogen) atoms. The molecule has 2 rings (SSSR count). The van der Waals surface area contributed by atoms with Gasteiger partial charge in [-0.05, 0) is 11.1 Å². The highest BCUT2D eigenvalue weighted by molar-refractivity contribution is 5.62. The summed E-state index contributed by atoms with van der Waals surface area (Å²) in [5.41, 5.74) is 2.55. The SMILES string of the molecule is C.N=C=N.c1ccc(-c2ccccc2)cc1. The lowest BCUT2D eigenvalue weighted by Gasteiger charge is -1.98. The Morgan fingerprint density at radius 2 is 0.875 bits per heavy atom. The van der Waals surface area contributed by atoms with Gasteiger partial charge in [0.25, 0.3) is 0 Å². The Balaban J connectivity index is 0.000000511. The summed E-state index contributed by atoms with van der Waals surface area (Å²) in [6, 6.07) is 22.0. The van der Waals surface area contributed by atoms with Gasteiger partial charge in [-0.3, -0.25) is 0 Å². The van der Waals surface area contributed by atoms with Crippen LogP contribution in [0.5, 0.6) is 0 Å². The van der Waals surface area contributed by atoms with E-state index in [1.54, 1.807) is 0 Å². The maximum absolute atomic E-state index is 5.62. The van der Waals surface area contributed by atoms with E-state index in [0.717, 1.165) is 0 Å². The predicted molar refractivity (Wildman–Crippen MR) is 69.1 cm³/mol. The fraction of sp³-hybridized carbons (Fsp3) is 0.0714.